The first-order valence-corrected chi connectivity index (χ1v) is 8.58. The molecule has 0 amide bonds. The van der Waals surface area contributed by atoms with E-state index in [4.69, 9.17) is 0 Å². The first-order chi connectivity index (χ1) is 5.91. The van der Waals surface area contributed by atoms with Gasteiger partial charge in [-0.25, -0.2) is 0 Å². The molecule has 0 aromatic rings. The summed E-state index contributed by atoms with van der Waals surface area (Å²) in [4.78, 5) is 0. The molecule has 0 aliphatic heterocycles. The van der Waals surface area contributed by atoms with Crippen molar-refractivity contribution in [2.75, 3.05) is 24.0 Å². The van der Waals surface area contributed by atoms with Crippen LogP contribution in [-0.2, 0) is 0 Å². The predicted molar refractivity (Wildman–Crippen MR) is 70.2 cm³/mol. The number of thioether (sulfide) groups is 2. The molecule has 0 spiro atoms. The van der Waals surface area contributed by atoms with Crippen molar-refractivity contribution in [2.45, 2.75) is 0 Å². The molecule has 12 heavy (non-hydrogen) atoms. The maximum absolute atomic E-state index is 2.20. The van der Waals surface area contributed by atoms with Crippen molar-refractivity contribution in [1.82, 2.24) is 0 Å². The molecule has 0 saturated carbocycles. The van der Waals surface area contributed by atoms with Crippen LogP contribution >= 0.6 is 45.1 Å². The van der Waals surface area contributed by atoms with Gasteiger partial charge in [-0.2, -0.15) is 0 Å². The summed E-state index contributed by atoms with van der Waals surface area (Å²) >= 11 is 3.51. The zero-order valence-electron chi connectivity index (χ0n) is 7.36. The molecule has 4 heteroatoms. The van der Waals surface area contributed by atoms with Crippen LogP contribution in [0.1, 0.15) is 0 Å². The highest BCUT2D eigenvalue weighted by Gasteiger charge is 1.82. The highest BCUT2D eigenvalue weighted by molar-refractivity contribution is 8.76. The second-order valence-corrected chi connectivity index (χ2v) is 5.82. The number of hydrogen-bond donors (Lipinski definition) is 0. The fraction of sp³-hybridized carbons (Fsp3) is 0.500. The minimum Gasteiger partial charge on any atom is -0.138 e. The first kappa shape index (κ1) is 12.9. The van der Waals surface area contributed by atoms with E-state index in [0.29, 0.717) is 0 Å². The van der Waals surface area contributed by atoms with Crippen molar-refractivity contribution in [3.05, 3.63) is 23.0 Å². The maximum atomic E-state index is 2.20. The highest BCUT2D eigenvalue weighted by Crippen LogP contribution is 2.21. The van der Waals surface area contributed by atoms with E-state index >= 15 is 0 Å². The van der Waals surface area contributed by atoms with Crippen molar-refractivity contribution in [3.63, 3.8) is 0 Å². The van der Waals surface area contributed by atoms with Gasteiger partial charge in [0, 0.05) is 11.5 Å². The molecule has 70 valence electrons. The second-order valence-electron chi connectivity index (χ2n) is 1.78. The summed E-state index contributed by atoms with van der Waals surface area (Å²) in [7, 11) is 3.80. The molecular formula is C8H14S4. The third-order valence-corrected chi connectivity index (χ3v) is 3.95. The molecule has 0 aromatic heterocycles. The Morgan fingerprint density at radius 1 is 0.833 bits per heavy atom. The molecule has 0 N–H and O–H groups in total. The largest absolute Gasteiger partial charge is 0.138 e. The van der Waals surface area contributed by atoms with Crippen LogP contribution in [0.4, 0.5) is 0 Å². The topological polar surface area (TPSA) is 0 Å². The van der Waals surface area contributed by atoms with Gasteiger partial charge in [0.15, 0.2) is 0 Å². The van der Waals surface area contributed by atoms with Crippen molar-refractivity contribution < 1.29 is 0 Å². The van der Waals surface area contributed by atoms with Gasteiger partial charge >= 0.3 is 0 Å². The normalized spacial score (nSPS) is 11.8. The van der Waals surface area contributed by atoms with Crippen LogP contribution < -0.4 is 0 Å². The molecular weight excluding hydrogens is 224 g/mol. The summed E-state index contributed by atoms with van der Waals surface area (Å²) in [6, 6.07) is 0. The molecule has 0 bridgehead atoms. The molecule has 0 saturated heterocycles. The van der Waals surface area contributed by atoms with Crippen molar-refractivity contribution in [2.24, 2.45) is 0 Å². The van der Waals surface area contributed by atoms with Crippen molar-refractivity contribution >= 4 is 45.1 Å². The Bertz CT molecular complexity index is 115. The van der Waals surface area contributed by atoms with Crippen LogP contribution in [0.5, 0.6) is 0 Å². The molecule has 0 atom stereocenters. The summed E-state index contributed by atoms with van der Waals surface area (Å²) < 4.78 is 0. The van der Waals surface area contributed by atoms with E-state index in [0.717, 1.165) is 11.5 Å². The standard InChI is InChI=1S/C8H14S4/c1-9-5-3-7-11-12-8-4-6-10-2/h3-6H,7-8H2,1-2H3/b5-3+,6-4+. The quantitative estimate of drug-likeness (QED) is 0.483. The fourth-order valence-electron chi connectivity index (χ4n) is 0.446. The lowest BCUT2D eigenvalue weighted by Gasteiger charge is -1.91. The summed E-state index contributed by atoms with van der Waals surface area (Å²) in [5, 5.41) is 4.26. The van der Waals surface area contributed by atoms with E-state index in [1.165, 1.54) is 0 Å². The van der Waals surface area contributed by atoms with Crippen molar-refractivity contribution in [3.8, 4) is 0 Å². The highest BCUT2D eigenvalue weighted by atomic mass is 33.1. The second kappa shape index (κ2) is 11.9. The molecule has 0 aliphatic carbocycles. The monoisotopic (exact) mass is 238 g/mol. The molecule has 0 radical (unpaired) electrons. The lowest BCUT2D eigenvalue weighted by Crippen LogP contribution is -1.67. The van der Waals surface area contributed by atoms with Crippen LogP contribution in [0.15, 0.2) is 23.0 Å². The predicted octanol–water partition coefficient (Wildman–Crippen LogP) is 4.12. The van der Waals surface area contributed by atoms with E-state index in [2.05, 4.69) is 35.5 Å². The molecule has 0 fully saturated rings. The van der Waals surface area contributed by atoms with E-state index in [1.807, 2.05) is 21.6 Å². The Morgan fingerprint density at radius 2 is 1.25 bits per heavy atom. The molecule has 0 aliphatic rings. The Kier molecular flexibility index (Phi) is 12.8. The Morgan fingerprint density at radius 3 is 1.58 bits per heavy atom. The van der Waals surface area contributed by atoms with E-state index in [9.17, 15) is 0 Å². The lowest BCUT2D eigenvalue weighted by atomic mass is 10.8. The summed E-state index contributed by atoms with van der Waals surface area (Å²) in [5.74, 6) is 2.22. The van der Waals surface area contributed by atoms with E-state index in [1.54, 1.807) is 23.5 Å². The van der Waals surface area contributed by atoms with Crippen LogP contribution in [-0.4, -0.2) is 24.0 Å². The van der Waals surface area contributed by atoms with E-state index in [-0.39, 0.29) is 0 Å². The SMILES string of the molecule is CS/C=C/CSSC/C=C/SC. The molecule has 0 heterocycles. The zero-order chi connectivity index (χ0) is 9.07. The average Bonchev–Trinajstić information content (AvgIpc) is 2.10. The summed E-state index contributed by atoms with van der Waals surface area (Å²) in [5.41, 5.74) is 0. The van der Waals surface area contributed by atoms with Gasteiger partial charge in [0.2, 0.25) is 0 Å². The van der Waals surface area contributed by atoms with Crippen LogP contribution in [0, 0.1) is 0 Å². The summed E-state index contributed by atoms with van der Waals surface area (Å²) in [6.07, 6.45) is 8.55. The van der Waals surface area contributed by atoms with E-state index < -0.39 is 0 Å². The molecule has 0 aromatic carbocycles. The lowest BCUT2D eigenvalue weighted by molar-refractivity contribution is 1.81. The first-order valence-electron chi connectivity index (χ1n) is 3.52. The Hall–Kier alpha value is 0.880. The van der Waals surface area contributed by atoms with Crippen LogP contribution in [0.3, 0.4) is 0 Å². The minimum absolute atomic E-state index is 1.11. The molecule has 0 nitrogen and oxygen atoms in total. The van der Waals surface area contributed by atoms with Gasteiger partial charge < -0.3 is 0 Å². The Labute approximate surface area is 91.8 Å². The van der Waals surface area contributed by atoms with Gasteiger partial charge in [0.1, 0.15) is 0 Å². The summed E-state index contributed by atoms with van der Waals surface area (Å²) in [6.45, 7) is 0. The third kappa shape index (κ3) is 10.9. The van der Waals surface area contributed by atoms with Crippen LogP contribution in [0.25, 0.3) is 0 Å². The fourth-order valence-corrected chi connectivity index (χ4v) is 2.86. The number of rotatable bonds is 7. The average molecular weight is 238 g/mol. The van der Waals surface area contributed by atoms with Crippen LogP contribution in [0.2, 0.25) is 0 Å². The maximum Gasteiger partial charge on any atom is 0.0225 e. The van der Waals surface area contributed by atoms with Gasteiger partial charge in [0.05, 0.1) is 0 Å². The smallest absolute Gasteiger partial charge is 0.0225 e. The zero-order valence-corrected chi connectivity index (χ0v) is 10.6. The van der Waals surface area contributed by atoms with Crippen molar-refractivity contribution in [1.29, 1.82) is 0 Å². The minimum atomic E-state index is 1.11. The van der Waals surface area contributed by atoms with Gasteiger partial charge in [0.25, 0.3) is 0 Å². The van der Waals surface area contributed by atoms with Gasteiger partial charge in [-0.15, -0.1) is 23.5 Å². The third-order valence-electron chi connectivity index (χ3n) is 0.876. The Balaban J connectivity index is 3.00. The molecule has 0 rings (SSSR count). The van der Waals surface area contributed by atoms with Gasteiger partial charge in [-0.05, 0) is 23.3 Å². The molecule has 0 unspecified atom stereocenters. The number of hydrogen-bond acceptors (Lipinski definition) is 4. The van der Waals surface area contributed by atoms with Gasteiger partial charge in [-0.1, -0.05) is 33.7 Å². The van der Waals surface area contributed by atoms with Gasteiger partial charge in [-0.3, -0.25) is 0 Å².